The molecule has 2 unspecified atom stereocenters. The van der Waals surface area contributed by atoms with Crippen LogP contribution in [0.1, 0.15) is 31.7 Å². The average Bonchev–Trinajstić information content (AvgIpc) is 3.18. The van der Waals surface area contributed by atoms with Gasteiger partial charge in [0.15, 0.2) is 5.96 Å². The van der Waals surface area contributed by atoms with Crippen molar-refractivity contribution in [3.63, 3.8) is 0 Å². The van der Waals surface area contributed by atoms with Crippen LogP contribution in [-0.2, 0) is 6.42 Å². The largest absolute Gasteiger partial charge is 0.497 e. The summed E-state index contributed by atoms with van der Waals surface area (Å²) < 4.78 is 5.13. The van der Waals surface area contributed by atoms with E-state index in [9.17, 15) is 0 Å². The van der Waals surface area contributed by atoms with Gasteiger partial charge in [0, 0.05) is 12.6 Å². The lowest BCUT2D eigenvalue weighted by atomic mass is 10.1. The minimum atomic E-state index is 0.555. The first kappa shape index (κ1) is 14.7. The van der Waals surface area contributed by atoms with E-state index < -0.39 is 0 Å². The Morgan fingerprint density at radius 3 is 2.80 bits per heavy atom. The Bertz CT molecular complexity index is 442. The summed E-state index contributed by atoms with van der Waals surface area (Å²) in [5.41, 5.74) is 7.15. The molecule has 0 spiro atoms. The second kappa shape index (κ2) is 7.17. The Balaban J connectivity index is 1.69. The predicted octanol–water partition coefficient (Wildman–Crippen LogP) is 2.33. The van der Waals surface area contributed by atoms with E-state index >= 15 is 0 Å². The van der Waals surface area contributed by atoms with Gasteiger partial charge in [0.25, 0.3) is 0 Å². The summed E-state index contributed by atoms with van der Waals surface area (Å²) in [6, 6.07) is 8.63. The molecule has 2 rings (SSSR count). The van der Waals surface area contributed by atoms with Crippen molar-refractivity contribution in [2.75, 3.05) is 13.7 Å². The maximum absolute atomic E-state index is 5.90. The highest BCUT2D eigenvalue weighted by Crippen LogP contribution is 2.34. The smallest absolute Gasteiger partial charge is 0.188 e. The van der Waals surface area contributed by atoms with E-state index in [4.69, 9.17) is 10.5 Å². The van der Waals surface area contributed by atoms with Crippen molar-refractivity contribution in [1.82, 2.24) is 5.32 Å². The molecule has 1 aliphatic rings. The van der Waals surface area contributed by atoms with Gasteiger partial charge in [-0.05, 0) is 42.9 Å². The predicted molar refractivity (Wildman–Crippen MR) is 83.1 cm³/mol. The first-order valence-electron chi connectivity index (χ1n) is 7.42. The molecule has 20 heavy (non-hydrogen) atoms. The summed E-state index contributed by atoms with van der Waals surface area (Å²) in [5.74, 6) is 2.27. The number of nitrogens with two attached hydrogens (primary N) is 1. The Morgan fingerprint density at radius 1 is 1.40 bits per heavy atom. The highest BCUT2D eigenvalue weighted by Gasteiger charge is 2.36. The number of rotatable bonds is 7. The minimum Gasteiger partial charge on any atom is -0.497 e. The molecular weight excluding hydrogens is 250 g/mol. The van der Waals surface area contributed by atoms with Gasteiger partial charge in [-0.1, -0.05) is 25.5 Å². The molecule has 4 heteroatoms. The fraction of sp³-hybridized carbons (Fsp3) is 0.562. The quantitative estimate of drug-likeness (QED) is 0.593. The number of aliphatic imine (C=N–C) groups is 1. The minimum absolute atomic E-state index is 0.555. The third kappa shape index (κ3) is 4.44. The standard InChI is InChI=1S/C16H25N3O/c1-3-4-13-11-15(13)19-16(17)18-10-9-12-5-7-14(20-2)8-6-12/h5-8,13,15H,3-4,9-11H2,1-2H3,(H3,17,18,19). The summed E-state index contributed by atoms with van der Waals surface area (Å²) in [7, 11) is 1.68. The molecule has 0 aromatic heterocycles. The van der Waals surface area contributed by atoms with Gasteiger partial charge in [-0.25, -0.2) is 0 Å². The molecule has 0 radical (unpaired) electrons. The lowest BCUT2D eigenvalue weighted by molar-refractivity contribution is 0.414. The molecule has 1 saturated carbocycles. The van der Waals surface area contributed by atoms with E-state index in [1.54, 1.807) is 7.11 Å². The summed E-state index contributed by atoms with van der Waals surface area (Å²) in [5, 5.41) is 3.30. The lowest BCUT2D eigenvalue weighted by Gasteiger charge is -2.05. The number of methoxy groups -OCH3 is 1. The zero-order valence-corrected chi connectivity index (χ0v) is 12.4. The van der Waals surface area contributed by atoms with Crippen LogP contribution in [0.2, 0.25) is 0 Å². The molecule has 4 nitrogen and oxygen atoms in total. The van der Waals surface area contributed by atoms with Crippen LogP contribution in [0.4, 0.5) is 0 Å². The summed E-state index contributed by atoms with van der Waals surface area (Å²) in [6.45, 7) is 2.94. The SMILES string of the molecule is CCCC1CC1NC(N)=NCCc1ccc(OC)cc1. The van der Waals surface area contributed by atoms with Crippen molar-refractivity contribution in [3.05, 3.63) is 29.8 Å². The van der Waals surface area contributed by atoms with Crippen molar-refractivity contribution in [1.29, 1.82) is 0 Å². The maximum atomic E-state index is 5.90. The molecule has 0 bridgehead atoms. The first-order valence-corrected chi connectivity index (χ1v) is 7.42. The van der Waals surface area contributed by atoms with Crippen LogP contribution in [0.15, 0.2) is 29.3 Å². The normalized spacial score (nSPS) is 21.6. The maximum Gasteiger partial charge on any atom is 0.188 e. The lowest BCUT2D eigenvalue weighted by Crippen LogP contribution is -2.34. The van der Waals surface area contributed by atoms with Crippen molar-refractivity contribution in [2.45, 2.75) is 38.6 Å². The molecule has 1 aromatic carbocycles. The summed E-state index contributed by atoms with van der Waals surface area (Å²) in [4.78, 5) is 4.39. The van der Waals surface area contributed by atoms with Gasteiger partial charge in [0.1, 0.15) is 5.75 Å². The van der Waals surface area contributed by atoms with Gasteiger partial charge in [0.2, 0.25) is 0 Å². The van der Waals surface area contributed by atoms with Crippen LogP contribution < -0.4 is 15.8 Å². The zero-order chi connectivity index (χ0) is 14.4. The van der Waals surface area contributed by atoms with Gasteiger partial charge in [-0.3, -0.25) is 4.99 Å². The second-order valence-electron chi connectivity index (χ2n) is 5.40. The van der Waals surface area contributed by atoms with Gasteiger partial charge in [-0.2, -0.15) is 0 Å². The number of guanidine groups is 1. The fourth-order valence-corrected chi connectivity index (χ4v) is 2.45. The van der Waals surface area contributed by atoms with E-state index in [0.717, 1.165) is 24.6 Å². The molecule has 110 valence electrons. The van der Waals surface area contributed by atoms with Gasteiger partial charge >= 0.3 is 0 Å². The van der Waals surface area contributed by atoms with Crippen molar-refractivity contribution in [3.8, 4) is 5.75 Å². The molecule has 1 aliphatic carbocycles. The molecule has 0 saturated heterocycles. The Hall–Kier alpha value is -1.71. The van der Waals surface area contributed by atoms with E-state index in [0.29, 0.717) is 12.0 Å². The fourth-order valence-electron chi connectivity index (χ4n) is 2.45. The van der Waals surface area contributed by atoms with Gasteiger partial charge < -0.3 is 15.8 Å². The number of hydrogen-bond acceptors (Lipinski definition) is 2. The number of benzene rings is 1. The highest BCUT2D eigenvalue weighted by molar-refractivity contribution is 5.78. The van der Waals surface area contributed by atoms with Crippen LogP contribution in [0.25, 0.3) is 0 Å². The molecule has 0 aliphatic heterocycles. The van der Waals surface area contributed by atoms with Crippen LogP contribution in [0.3, 0.4) is 0 Å². The van der Waals surface area contributed by atoms with E-state index in [1.807, 2.05) is 12.1 Å². The molecule has 0 amide bonds. The van der Waals surface area contributed by atoms with Gasteiger partial charge in [-0.15, -0.1) is 0 Å². The van der Waals surface area contributed by atoms with Crippen molar-refractivity contribution in [2.24, 2.45) is 16.6 Å². The molecule has 1 fully saturated rings. The Kier molecular flexibility index (Phi) is 5.27. The van der Waals surface area contributed by atoms with Crippen LogP contribution in [0.5, 0.6) is 5.75 Å². The van der Waals surface area contributed by atoms with Crippen molar-refractivity contribution >= 4 is 5.96 Å². The first-order chi connectivity index (χ1) is 9.72. The second-order valence-corrected chi connectivity index (χ2v) is 5.40. The number of ether oxygens (including phenoxy) is 1. The third-order valence-electron chi connectivity index (χ3n) is 3.76. The molecule has 1 aromatic rings. The third-order valence-corrected chi connectivity index (χ3v) is 3.76. The number of nitrogens with one attached hydrogen (secondary N) is 1. The number of hydrogen-bond donors (Lipinski definition) is 2. The molecule has 3 N–H and O–H groups in total. The van der Waals surface area contributed by atoms with E-state index in [1.165, 1.54) is 24.8 Å². The zero-order valence-electron chi connectivity index (χ0n) is 12.4. The van der Waals surface area contributed by atoms with E-state index in [-0.39, 0.29) is 0 Å². The molecule has 0 heterocycles. The Labute approximate surface area is 121 Å². The number of nitrogens with zero attached hydrogens (tertiary/aromatic N) is 1. The topological polar surface area (TPSA) is 59.6 Å². The van der Waals surface area contributed by atoms with Crippen LogP contribution in [0, 0.1) is 5.92 Å². The highest BCUT2D eigenvalue weighted by atomic mass is 16.5. The monoisotopic (exact) mass is 275 g/mol. The van der Waals surface area contributed by atoms with Crippen LogP contribution in [-0.4, -0.2) is 25.7 Å². The van der Waals surface area contributed by atoms with Crippen molar-refractivity contribution < 1.29 is 4.74 Å². The molecular formula is C16H25N3O. The van der Waals surface area contributed by atoms with Gasteiger partial charge in [0.05, 0.1) is 7.11 Å². The Morgan fingerprint density at radius 2 is 2.15 bits per heavy atom. The summed E-state index contributed by atoms with van der Waals surface area (Å²) >= 11 is 0. The average molecular weight is 275 g/mol. The van der Waals surface area contributed by atoms with Crippen LogP contribution >= 0.6 is 0 Å². The van der Waals surface area contributed by atoms with E-state index in [2.05, 4.69) is 29.4 Å². The summed E-state index contributed by atoms with van der Waals surface area (Å²) in [6.07, 6.45) is 4.67. The molecule has 2 atom stereocenters.